The van der Waals surface area contributed by atoms with Crippen molar-refractivity contribution in [2.75, 3.05) is 46.9 Å². The van der Waals surface area contributed by atoms with Crippen molar-refractivity contribution in [2.45, 2.75) is 10.9 Å². The van der Waals surface area contributed by atoms with Crippen LogP contribution in [0.25, 0.3) is 0 Å². The van der Waals surface area contributed by atoms with E-state index < -0.39 is 10.0 Å². The van der Waals surface area contributed by atoms with Crippen LogP contribution >= 0.6 is 0 Å². The molecule has 0 bridgehead atoms. The zero-order valence-electron chi connectivity index (χ0n) is 16.1. The maximum atomic E-state index is 13.4. The van der Waals surface area contributed by atoms with Gasteiger partial charge >= 0.3 is 0 Å². The topological polar surface area (TPSA) is 61.9 Å². The fourth-order valence-electron chi connectivity index (χ4n) is 3.30. The third-order valence-electron chi connectivity index (χ3n) is 5.07. The van der Waals surface area contributed by atoms with Crippen molar-refractivity contribution in [3.8, 4) is 5.75 Å². The Kier molecular flexibility index (Phi) is 6.66. The first-order chi connectivity index (χ1) is 13.4. The smallest absolute Gasteiger partial charge is 0.240 e. The van der Waals surface area contributed by atoms with Crippen LogP contribution in [-0.2, 0) is 10.0 Å². The Bertz CT molecular complexity index is 865. The highest BCUT2D eigenvalue weighted by atomic mass is 32.2. The minimum atomic E-state index is -3.66. The van der Waals surface area contributed by atoms with Crippen LogP contribution in [-0.4, -0.2) is 65.1 Å². The number of likely N-dealkylation sites (N-methyl/N-ethyl adjacent to an activating group) is 1. The van der Waals surface area contributed by atoms with Crippen LogP contribution in [0.4, 0.5) is 4.39 Å². The lowest BCUT2D eigenvalue weighted by Crippen LogP contribution is -2.48. The fraction of sp³-hybridized carbons (Fsp3) is 0.400. The number of halogens is 1. The molecule has 1 atom stereocenters. The molecule has 0 radical (unpaired) electrons. The molecule has 1 fully saturated rings. The summed E-state index contributed by atoms with van der Waals surface area (Å²) in [7, 11) is -0.0637. The van der Waals surface area contributed by atoms with Crippen molar-refractivity contribution in [3.63, 3.8) is 0 Å². The lowest BCUT2D eigenvalue weighted by atomic mass is 10.0. The van der Waals surface area contributed by atoms with E-state index in [1.807, 2.05) is 0 Å². The van der Waals surface area contributed by atoms with Gasteiger partial charge in [-0.2, -0.15) is 0 Å². The second-order valence-electron chi connectivity index (χ2n) is 6.93. The summed E-state index contributed by atoms with van der Waals surface area (Å²) in [6.45, 7) is 3.67. The lowest BCUT2D eigenvalue weighted by Gasteiger charge is -2.38. The summed E-state index contributed by atoms with van der Waals surface area (Å²) < 4.78 is 46.6. The number of nitrogens with one attached hydrogen (secondary N) is 1. The standard InChI is InChI=1S/C20H26FN3O3S/c1-23-11-13-24(14-12-23)20(16-3-5-17(21)6-4-16)15-22-28(25,26)19-9-7-18(27-2)8-10-19/h3-10,20,22H,11-15H2,1-2H3/t20-/m1/s1. The van der Waals surface area contributed by atoms with Gasteiger partial charge in [0.25, 0.3) is 0 Å². The zero-order valence-corrected chi connectivity index (χ0v) is 17.0. The van der Waals surface area contributed by atoms with Crippen molar-refractivity contribution in [2.24, 2.45) is 0 Å². The summed E-state index contributed by atoms with van der Waals surface area (Å²) in [4.78, 5) is 4.66. The fourth-order valence-corrected chi connectivity index (χ4v) is 4.34. The third-order valence-corrected chi connectivity index (χ3v) is 6.51. The number of hydrogen-bond donors (Lipinski definition) is 1. The Balaban J connectivity index is 1.77. The summed E-state index contributed by atoms with van der Waals surface area (Å²) in [6.07, 6.45) is 0. The van der Waals surface area contributed by atoms with Gasteiger partial charge in [0.05, 0.1) is 12.0 Å². The molecule has 2 aromatic carbocycles. The number of hydrogen-bond acceptors (Lipinski definition) is 5. The van der Waals surface area contributed by atoms with E-state index >= 15 is 0 Å². The molecule has 1 aliphatic rings. The molecule has 1 saturated heterocycles. The van der Waals surface area contributed by atoms with Crippen molar-refractivity contribution in [3.05, 3.63) is 59.9 Å². The molecule has 1 heterocycles. The molecular weight excluding hydrogens is 381 g/mol. The van der Waals surface area contributed by atoms with Gasteiger partial charge < -0.3 is 9.64 Å². The summed E-state index contributed by atoms with van der Waals surface area (Å²) >= 11 is 0. The highest BCUT2D eigenvalue weighted by Crippen LogP contribution is 2.23. The van der Waals surface area contributed by atoms with Gasteiger partial charge in [0, 0.05) is 38.8 Å². The van der Waals surface area contributed by atoms with E-state index in [-0.39, 0.29) is 23.3 Å². The number of methoxy groups -OCH3 is 1. The SMILES string of the molecule is COc1ccc(S(=O)(=O)NC[C@H](c2ccc(F)cc2)N2CCN(C)CC2)cc1. The van der Waals surface area contributed by atoms with Gasteiger partial charge in [-0.25, -0.2) is 17.5 Å². The van der Waals surface area contributed by atoms with E-state index in [2.05, 4.69) is 21.6 Å². The van der Waals surface area contributed by atoms with Crippen molar-refractivity contribution >= 4 is 10.0 Å². The Morgan fingerprint density at radius 3 is 2.21 bits per heavy atom. The molecule has 0 unspecified atom stereocenters. The van der Waals surface area contributed by atoms with Gasteiger partial charge in [0.2, 0.25) is 10.0 Å². The van der Waals surface area contributed by atoms with Crippen LogP contribution in [0.15, 0.2) is 53.4 Å². The first-order valence-corrected chi connectivity index (χ1v) is 10.7. The number of ether oxygens (including phenoxy) is 1. The molecule has 0 amide bonds. The Hall–Kier alpha value is -2.00. The molecule has 28 heavy (non-hydrogen) atoms. The molecular formula is C20H26FN3O3S. The summed E-state index contributed by atoms with van der Waals surface area (Å²) in [6, 6.07) is 12.4. The molecule has 2 aromatic rings. The first-order valence-electron chi connectivity index (χ1n) is 9.21. The summed E-state index contributed by atoms with van der Waals surface area (Å²) in [5.74, 6) is 0.292. The third kappa shape index (κ3) is 5.08. The van der Waals surface area contributed by atoms with Crippen molar-refractivity contribution in [1.29, 1.82) is 0 Å². The molecule has 6 nitrogen and oxygen atoms in total. The molecule has 0 saturated carbocycles. The van der Waals surface area contributed by atoms with E-state index in [0.29, 0.717) is 5.75 Å². The van der Waals surface area contributed by atoms with Crippen LogP contribution in [0.1, 0.15) is 11.6 Å². The number of nitrogens with zero attached hydrogens (tertiary/aromatic N) is 2. The normalized spacial score (nSPS) is 17.4. The maximum Gasteiger partial charge on any atom is 0.240 e. The average molecular weight is 408 g/mol. The zero-order chi connectivity index (χ0) is 20.1. The van der Waals surface area contributed by atoms with Gasteiger partial charge in [0.15, 0.2) is 0 Å². The second-order valence-corrected chi connectivity index (χ2v) is 8.70. The lowest BCUT2D eigenvalue weighted by molar-refractivity contribution is 0.113. The van der Waals surface area contributed by atoms with Gasteiger partial charge in [-0.3, -0.25) is 4.90 Å². The van der Waals surface area contributed by atoms with Crippen LogP contribution in [0.2, 0.25) is 0 Å². The van der Waals surface area contributed by atoms with E-state index in [4.69, 9.17) is 4.74 Å². The predicted molar refractivity (Wildman–Crippen MR) is 106 cm³/mol. The van der Waals surface area contributed by atoms with Crippen molar-refractivity contribution < 1.29 is 17.5 Å². The summed E-state index contributed by atoms with van der Waals surface area (Å²) in [5, 5.41) is 0. The highest BCUT2D eigenvalue weighted by molar-refractivity contribution is 7.89. The molecule has 0 spiro atoms. The van der Waals surface area contributed by atoms with Crippen LogP contribution in [0.3, 0.4) is 0 Å². The van der Waals surface area contributed by atoms with Gasteiger partial charge in [-0.1, -0.05) is 12.1 Å². The molecule has 0 aliphatic carbocycles. The predicted octanol–water partition coefficient (Wildman–Crippen LogP) is 2.10. The van der Waals surface area contributed by atoms with Crippen LogP contribution < -0.4 is 9.46 Å². The largest absolute Gasteiger partial charge is 0.497 e. The summed E-state index contributed by atoms with van der Waals surface area (Å²) in [5.41, 5.74) is 0.892. The van der Waals surface area contributed by atoms with Crippen molar-refractivity contribution in [1.82, 2.24) is 14.5 Å². The highest BCUT2D eigenvalue weighted by Gasteiger charge is 2.26. The molecule has 8 heteroatoms. The quantitative estimate of drug-likeness (QED) is 0.762. The molecule has 0 aromatic heterocycles. The average Bonchev–Trinajstić information content (AvgIpc) is 2.70. The van der Waals surface area contributed by atoms with E-state index in [1.165, 1.54) is 31.4 Å². The molecule has 152 valence electrons. The number of piperazine rings is 1. The van der Waals surface area contributed by atoms with Gasteiger partial charge in [-0.15, -0.1) is 0 Å². The maximum absolute atomic E-state index is 13.4. The minimum Gasteiger partial charge on any atom is -0.497 e. The molecule has 1 N–H and O–H groups in total. The number of benzene rings is 2. The first kappa shape index (κ1) is 20.7. The second kappa shape index (κ2) is 9.00. The molecule has 1 aliphatic heterocycles. The Morgan fingerprint density at radius 2 is 1.64 bits per heavy atom. The Labute approximate surface area is 166 Å². The monoisotopic (exact) mass is 407 g/mol. The minimum absolute atomic E-state index is 0.165. The number of sulfonamides is 1. The van der Waals surface area contributed by atoms with Gasteiger partial charge in [0.1, 0.15) is 11.6 Å². The van der Waals surface area contributed by atoms with Crippen LogP contribution in [0.5, 0.6) is 5.75 Å². The Morgan fingerprint density at radius 1 is 1.04 bits per heavy atom. The van der Waals surface area contributed by atoms with E-state index in [1.54, 1.807) is 24.3 Å². The van der Waals surface area contributed by atoms with E-state index in [9.17, 15) is 12.8 Å². The van der Waals surface area contributed by atoms with Crippen LogP contribution in [0, 0.1) is 5.82 Å². The van der Waals surface area contributed by atoms with Gasteiger partial charge in [-0.05, 0) is 49.0 Å². The van der Waals surface area contributed by atoms with E-state index in [0.717, 1.165) is 31.7 Å². The molecule has 3 rings (SSSR count). The number of rotatable bonds is 7.